The summed E-state index contributed by atoms with van der Waals surface area (Å²) in [7, 11) is 0. The summed E-state index contributed by atoms with van der Waals surface area (Å²) in [6.45, 7) is 5.48. The standard InChI is InChI=1S/C11H22N2O/c1-9-2-3-11(14)8-13(9)10-4-6-12-7-5-10/h9-12,14H,2-8H2,1H3/t9-,11-/m1/s1. The van der Waals surface area contributed by atoms with Crippen molar-refractivity contribution in [1.29, 1.82) is 0 Å². The fraction of sp³-hybridized carbons (Fsp3) is 1.00. The van der Waals surface area contributed by atoms with Gasteiger partial charge in [0.1, 0.15) is 0 Å². The van der Waals surface area contributed by atoms with E-state index >= 15 is 0 Å². The number of piperidine rings is 2. The maximum Gasteiger partial charge on any atom is 0.0667 e. The second kappa shape index (κ2) is 4.60. The van der Waals surface area contributed by atoms with Gasteiger partial charge < -0.3 is 10.4 Å². The number of hydrogen-bond acceptors (Lipinski definition) is 3. The van der Waals surface area contributed by atoms with E-state index in [-0.39, 0.29) is 6.10 Å². The first kappa shape index (κ1) is 10.4. The van der Waals surface area contributed by atoms with Crippen molar-refractivity contribution < 1.29 is 5.11 Å². The topological polar surface area (TPSA) is 35.5 Å². The van der Waals surface area contributed by atoms with E-state index < -0.39 is 0 Å². The van der Waals surface area contributed by atoms with Crippen molar-refractivity contribution in [2.24, 2.45) is 0 Å². The Morgan fingerprint density at radius 3 is 2.57 bits per heavy atom. The lowest BCUT2D eigenvalue weighted by Gasteiger charge is -2.43. The predicted molar refractivity (Wildman–Crippen MR) is 57.3 cm³/mol. The van der Waals surface area contributed by atoms with Crippen LogP contribution < -0.4 is 5.32 Å². The lowest BCUT2D eigenvalue weighted by molar-refractivity contribution is 0.00676. The van der Waals surface area contributed by atoms with Crippen LogP contribution in [0.5, 0.6) is 0 Å². The molecule has 3 nitrogen and oxygen atoms in total. The second-order valence-corrected chi connectivity index (χ2v) is 4.76. The second-order valence-electron chi connectivity index (χ2n) is 4.76. The Morgan fingerprint density at radius 1 is 1.14 bits per heavy atom. The summed E-state index contributed by atoms with van der Waals surface area (Å²) >= 11 is 0. The quantitative estimate of drug-likeness (QED) is 0.647. The molecule has 82 valence electrons. The molecule has 3 heteroatoms. The van der Waals surface area contributed by atoms with Crippen LogP contribution in [0, 0.1) is 0 Å². The van der Waals surface area contributed by atoms with Crippen molar-refractivity contribution in [3.63, 3.8) is 0 Å². The van der Waals surface area contributed by atoms with Gasteiger partial charge in [0.2, 0.25) is 0 Å². The Balaban J connectivity index is 1.92. The number of nitrogens with one attached hydrogen (secondary N) is 1. The van der Waals surface area contributed by atoms with E-state index in [1.165, 1.54) is 12.8 Å². The highest BCUT2D eigenvalue weighted by Gasteiger charge is 2.30. The molecule has 2 fully saturated rings. The summed E-state index contributed by atoms with van der Waals surface area (Å²) in [6.07, 6.45) is 4.56. The van der Waals surface area contributed by atoms with E-state index in [1.54, 1.807) is 0 Å². The number of hydrogen-bond donors (Lipinski definition) is 2. The number of nitrogens with zero attached hydrogens (tertiary/aromatic N) is 1. The smallest absolute Gasteiger partial charge is 0.0667 e. The van der Waals surface area contributed by atoms with Crippen molar-refractivity contribution >= 4 is 0 Å². The van der Waals surface area contributed by atoms with Crippen molar-refractivity contribution in [1.82, 2.24) is 10.2 Å². The van der Waals surface area contributed by atoms with Crippen LogP contribution in [0.2, 0.25) is 0 Å². The lowest BCUT2D eigenvalue weighted by atomic mass is 9.95. The van der Waals surface area contributed by atoms with E-state index in [0.717, 1.165) is 32.5 Å². The van der Waals surface area contributed by atoms with Gasteiger partial charge in [-0.05, 0) is 45.7 Å². The van der Waals surface area contributed by atoms with Gasteiger partial charge in [0.25, 0.3) is 0 Å². The Bertz CT molecular complexity index is 180. The van der Waals surface area contributed by atoms with E-state index in [0.29, 0.717) is 12.1 Å². The average molecular weight is 198 g/mol. The lowest BCUT2D eigenvalue weighted by Crippen LogP contribution is -2.52. The van der Waals surface area contributed by atoms with Gasteiger partial charge in [-0.1, -0.05) is 0 Å². The molecular weight excluding hydrogens is 176 g/mol. The zero-order valence-electron chi connectivity index (χ0n) is 9.08. The Hall–Kier alpha value is -0.120. The van der Waals surface area contributed by atoms with E-state index in [1.807, 2.05) is 0 Å². The summed E-state index contributed by atoms with van der Waals surface area (Å²) in [5.41, 5.74) is 0. The van der Waals surface area contributed by atoms with Crippen LogP contribution in [0.1, 0.15) is 32.6 Å². The molecule has 0 radical (unpaired) electrons. The number of β-amino-alcohol motifs (C(OH)–C–C–N with tert-alkyl or cyclic N) is 1. The van der Waals surface area contributed by atoms with Gasteiger partial charge >= 0.3 is 0 Å². The maximum atomic E-state index is 9.67. The number of likely N-dealkylation sites (tertiary alicyclic amines) is 1. The van der Waals surface area contributed by atoms with Gasteiger partial charge in [0, 0.05) is 18.6 Å². The first-order valence-electron chi connectivity index (χ1n) is 5.92. The van der Waals surface area contributed by atoms with Crippen LogP contribution in [0.3, 0.4) is 0 Å². The molecule has 0 saturated carbocycles. The molecule has 2 heterocycles. The van der Waals surface area contributed by atoms with Crippen LogP contribution in [0.25, 0.3) is 0 Å². The zero-order chi connectivity index (χ0) is 9.97. The molecule has 0 aliphatic carbocycles. The summed E-state index contributed by atoms with van der Waals surface area (Å²) in [6, 6.07) is 1.38. The highest BCUT2D eigenvalue weighted by atomic mass is 16.3. The van der Waals surface area contributed by atoms with Crippen molar-refractivity contribution in [2.75, 3.05) is 19.6 Å². The summed E-state index contributed by atoms with van der Waals surface area (Å²) in [5.74, 6) is 0. The fourth-order valence-corrected chi connectivity index (χ4v) is 2.76. The predicted octanol–water partition coefficient (Wildman–Crippen LogP) is 0.584. The Morgan fingerprint density at radius 2 is 1.86 bits per heavy atom. The van der Waals surface area contributed by atoms with Gasteiger partial charge in [-0.3, -0.25) is 4.90 Å². The van der Waals surface area contributed by atoms with E-state index in [2.05, 4.69) is 17.1 Å². The molecule has 2 atom stereocenters. The van der Waals surface area contributed by atoms with Crippen LogP contribution in [-0.4, -0.2) is 47.8 Å². The fourth-order valence-electron chi connectivity index (χ4n) is 2.76. The summed E-state index contributed by atoms with van der Waals surface area (Å²) in [5, 5.41) is 13.1. The Labute approximate surface area is 86.5 Å². The van der Waals surface area contributed by atoms with Crippen molar-refractivity contribution in [2.45, 2.75) is 50.8 Å². The first-order valence-corrected chi connectivity index (χ1v) is 5.92. The van der Waals surface area contributed by atoms with Crippen molar-refractivity contribution in [3.8, 4) is 0 Å². The van der Waals surface area contributed by atoms with Gasteiger partial charge in [-0.15, -0.1) is 0 Å². The van der Waals surface area contributed by atoms with E-state index in [4.69, 9.17) is 0 Å². The average Bonchev–Trinajstić information content (AvgIpc) is 2.23. The highest BCUT2D eigenvalue weighted by molar-refractivity contribution is 4.86. The summed E-state index contributed by atoms with van der Waals surface area (Å²) in [4.78, 5) is 2.52. The largest absolute Gasteiger partial charge is 0.392 e. The SMILES string of the molecule is C[C@@H]1CC[C@@H](O)CN1C1CCNCC1. The van der Waals surface area contributed by atoms with Crippen LogP contribution in [0.4, 0.5) is 0 Å². The molecule has 0 aromatic rings. The first-order chi connectivity index (χ1) is 6.77. The number of rotatable bonds is 1. The minimum atomic E-state index is -0.0823. The monoisotopic (exact) mass is 198 g/mol. The highest BCUT2D eigenvalue weighted by Crippen LogP contribution is 2.23. The molecule has 14 heavy (non-hydrogen) atoms. The minimum absolute atomic E-state index is 0.0823. The van der Waals surface area contributed by atoms with Gasteiger partial charge in [-0.2, -0.15) is 0 Å². The molecular formula is C11H22N2O. The molecule has 2 saturated heterocycles. The summed E-state index contributed by atoms with van der Waals surface area (Å²) < 4.78 is 0. The molecule has 2 rings (SSSR count). The minimum Gasteiger partial charge on any atom is -0.392 e. The van der Waals surface area contributed by atoms with Gasteiger partial charge in [0.15, 0.2) is 0 Å². The molecule has 2 N–H and O–H groups in total. The Kier molecular flexibility index (Phi) is 3.42. The normalized spacial score (nSPS) is 37.3. The molecule has 0 unspecified atom stereocenters. The molecule has 2 aliphatic heterocycles. The number of aliphatic hydroxyl groups excluding tert-OH is 1. The zero-order valence-corrected chi connectivity index (χ0v) is 9.08. The maximum absolute atomic E-state index is 9.67. The molecule has 0 amide bonds. The molecule has 0 aromatic carbocycles. The van der Waals surface area contributed by atoms with Crippen LogP contribution in [0.15, 0.2) is 0 Å². The van der Waals surface area contributed by atoms with Crippen LogP contribution >= 0.6 is 0 Å². The van der Waals surface area contributed by atoms with Crippen LogP contribution in [-0.2, 0) is 0 Å². The molecule has 0 bridgehead atoms. The van der Waals surface area contributed by atoms with Gasteiger partial charge in [0.05, 0.1) is 6.10 Å². The van der Waals surface area contributed by atoms with Gasteiger partial charge in [-0.25, -0.2) is 0 Å². The third kappa shape index (κ3) is 2.27. The van der Waals surface area contributed by atoms with E-state index in [9.17, 15) is 5.11 Å². The van der Waals surface area contributed by atoms with Crippen molar-refractivity contribution in [3.05, 3.63) is 0 Å². The number of aliphatic hydroxyl groups is 1. The third-order valence-corrected chi connectivity index (χ3v) is 3.68. The molecule has 0 aromatic heterocycles. The molecule has 0 spiro atoms. The third-order valence-electron chi connectivity index (χ3n) is 3.68. The molecule has 2 aliphatic rings.